The van der Waals surface area contributed by atoms with Gasteiger partial charge in [0.15, 0.2) is 6.10 Å². The second-order valence-electron chi connectivity index (χ2n) is 7.57. The molecule has 1 N–H and O–H groups in total. The average Bonchev–Trinajstić information content (AvgIpc) is 2.77. The number of anilines is 1. The molecule has 31 heavy (non-hydrogen) atoms. The molecule has 8 nitrogen and oxygen atoms in total. The summed E-state index contributed by atoms with van der Waals surface area (Å²) in [6.07, 6.45) is -1.06. The highest BCUT2D eigenvalue weighted by Gasteiger charge is 2.24. The molecule has 3 amide bonds. The van der Waals surface area contributed by atoms with Crippen molar-refractivity contribution in [1.82, 2.24) is 9.80 Å². The first-order valence-corrected chi connectivity index (χ1v) is 10.4. The fraction of sp³-hybridized carbons (Fsp3) is 0.391. The molecule has 2 aromatic rings. The molecule has 1 aliphatic heterocycles. The third-order valence-corrected chi connectivity index (χ3v) is 5.32. The molecule has 1 fully saturated rings. The van der Waals surface area contributed by atoms with Gasteiger partial charge < -0.3 is 19.9 Å². The minimum Gasteiger partial charge on any atom is -0.453 e. The molecule has 0 unspecified atom stereocenters. The maximum absolute atomic E-state index is 12.4. The van der Waals surface area contributed by atoms with E-state index in [2.05, 4.69) is 5.32 Å². The Morgan fingerprint density at radius 3 is 2.26 bits per heavy atom. The molecule has 2 aromatic carbocycles. The van der Waals surface area contributed by atoms with Gasteiger partial charge in [-0.1, -0.05) is 30.3 Å². The van der Waals surface area contributed by atoms with Gasteiger partial charge in [0.1, 0.15) is 0 Å². The van der Waals surface area contributed by atoms with Crippen LogP contribution in [0.4, 0.5) is 5.69 Å². The Hall–Kier alpha value is -3.42. The number of carbonyl (C=O) groups is 4. The van der Waals surface area contributed by atoms with Gasteiger partial charge in [0.05, 0.1) is 6.42 Å². The van der Waals surface area contributed by atoms with Gasteiger partial charge in [-0.25, -0.2) is 0 Å². The van der Waals surface area contributed by atoms with E-state index in [1.165, 1.54) is 13.8 Å². The van der Waals surface area contributed by atoms with Crippen molar-refractivity contribution in [2.45, 2.75) is 32.8 Å². The van der Waals surface area contributed by atoms with Gasteiger partial charge in [0, 0.05) is 45.2 Å². The SMILES string of the molecule is CC(=O)N1CCN(C(=O)CCC(=O)O[C@H](C)C(=O)Nc2ccc3ccccc3c2)CC1. The molecule has 3 rings (SSSR count). The molecule has 164 valence electrons. The number of fused-ring (bicyclic) bond motifs is 1. The molecule has 0 radical (unpaired) electrons. The van der Waals surface area contributed by atoms with Gasteiger partial charge >= 0.3 is 5.97 Å². The Bertz CT molecular complexity index is 982. The first-order chi connectivity index (χ1) is 14.8. The Balaban J connectivity index is 1.42. The van der Waals surface area contributed by atoms with Crippen LogP contribution in [-0.2, 0) is 23.9 Å². The molecule has 0 aromatic heterocycles. The maximum Gasteiger partial charge on any atom is 0.307 e. The van der Waals surface area contributed by atoms with Crippen molar-refractivity contribution in [2.75, 3.05) is 31.5 Å². The summed E-state index contributed by atoms with van der Waals surface area (Å²) in [4.78, 5) is 51.4. The van der Waals surface area contributed by atoms with Gasteiger partial charge in [-0.2, -0.15) is 0 Å². The average molecular weight is 425 g/mol. The van der Waals surface area contributed by atoms with Crippen LogP contribution in [0.1, 0.15) is 26.7 Å². The number of piperazine rings is 1. The minimum absolute atomic E-state index is 0.00775. The summed E-state index contributed by atoms with van der Waals surface area (Å²) in [5.74, 6) is -1.20. The summed E-state index contributed by atoms with van der Waals surface area (Å²) < 4.78 is 5.18. The lowest BCUT2D eigenvalue weighted by Crippen LogP contribution is -2.50. The van der Waals surface area contributed by atoms with E-state index in [4.69, 9.17) is 4.74 Å². The van der Waals surface area contributed by atoms with Crippen LogP contribution in [0.25, 0.3) is 10.8 Å². The van der Waals surface area contributed by atoms with Crippen molar-refractivity contribution < 1.29 is 23.9 Å². The third-order valence-electron chi connectivity index (χ3n) is 5.32. The van der Waals surface area contributed by atoms with E-state index in [-0.39, 0.29) is 24.7 Å². The van der Waals surface area contributed by atoms with E-state index in [9.17, 15) is 19.2 Å². The number of rotatable bonds is 6. The summed E-state index contributed by atoms with van der Waals surface area (Å²) in [5, 5.41) is 4.80. The van der Waals surface area contributed by atoms with E-state index in [0.717, 1.165) is 10.8 Å². The Kier molecular flexibility index (Phi) is 7.23. The maximum atomic E-state index is 12.4. The predicted octanol–water partition coefficient (Wildman–Crippen LogP) is 2.18. The van der Waals surface area contributed by atoms with Gasteiger partial charge in [-0.05, 0) is 29.8 Å². The molecule has 1 aliphatic rings. The fourth-order valence-corrected chi connectivity index (χ4v) is 3.46. The van der Waals surface area contributed by atoms with Crippen LogP contribution < -0.4 is 5.32 Å². The van der Waals surface area contributed by atoms with Gasteiger partial charge in [-0.15, -0.1) is 0 Å². The largest absolute Gasteiger partial charge is 0.453 e. The fourth-order valence-electron chi connectivity index (χ4n) is 3.46. The van der Waals surface area contributed by atoms with Crippen LogP contribution in [0.2, 0.25) is 0 Å². The summed E-state index contributed by atoms with van der Waals surface area (Å²) >= 11 is 0. The normalized spacial score (nSPS) is 14.8. The second-order valence-corrected chi connectivity index (χ2v) is 7.57. The van der Waals surface area contributed by atoms with E-state index < -0.39 is 18.0 Å². The quantitative estimate of drug-likeness (QED) is 0.716. The lowest BCUT2D eigenvalue weighted by Gasteiger charge is -2.34. The molecule has 0 saturated carbocycles. The molecule has 0 aliphatic carbocycles. The molecule has 8 heteroatoms. The van der Waals surface area contributed by atoms with Crippen LogP contribution in [0.3, 0.4) is 0 Å². The zero-order valence-corrected chi connectivity index (χ0v) is 17.8. The van der Waals surface area contributed by atoms with Crippen LogP contribution in [0.15, 0.2) is 42.5 Å². The van der Waals surface area contributed by atoms with Gasteiger partial charge in [0.2, 0.25) is 11.8 Å². The van der Waals surface area contributed by atoms with Crippen molar-refractivity contribution in [1.29, 1.82) is 0 Å². The van der Waals surface area contributed by atoms with E-state index >= 15 is 0 Å². The highest BCUT2D eigenvalue weighted by Crippen LogP contribution is 2.19. The lowest BCUT2D eigenvalue weighted by atomic mass is 10.1. The van der Waals surface area contributed by atoms with Crippen LogP contribution >= 0.6 is 0 Å². The van der Waals surface area contributed by atoms with Crippen LogP contribution in [0.5, 0.6) is 0 Å². The molecule has 1 saturated heterocycles. The highest BCUT2D eigenvalue weighted by atomic mass is 16.5. The number of ether oxygens (including phenoxy) is 1. The van der Waals surface area contributed by atoms with Crippen molar-refractivity contribution >= 4 is 40.2 Å². The number of hydrogen-bond donors (Lipinski definition) is 1. The van der Waals surface area contributed by atoms with Gasteiger partial charge in [-0.3, -0.25) is 19.2 Å². The molecule has 1 atom stereocenters. The topological polar surface area (TPSA) is 96.0 Å². The number of esters is 1. The molecule has 0 spiro atoms. The van der Waals surface area contributed by atoms with E-state index in [1.807, 2.05) is 36.4 Å². The molecular formula is C23H27N3O5. The highest BCUT2D eigenvalue weighted by molar-refractivity contribution is 5.97. The molecular weight excluding hydrogens is 398 g/mol. The first-order valence-electron chi connectivity index (χ1n) is 10.4. The number of amides is 3. The van der Waals surface area contributed by atoms with E-state index in [0.29, 0.717) is 31.9 Å². The Labute approximate surface area is 181 Å². The summed E-state index contributed by atoms with van der Waals surface area (Å²) in [5.41, 5.74) is 0.617. The number of hydrogen-bond acceptors (Lipinski definition) is 5. The number of benzene rings is 2. The summed E-state index contributed by atoms with van der Waals surface area (Å²) in [6.45, 7) is 4.91. The zero-order valence-electron chi connectivity index (χ0n) is 17.8. The minimum atomic E-state index is -0.979. The first kappa shape index (κ1) is 22.3. The summed E-state index contributed by atoms with van der Waals surface area (Å²) in [7, 11) is 0. The lowest BCUT2D eigenvalue weighted by molar-refractivity contribution is -0.154. The van der Waals surface area contributed by atoms with E-state index in [1.54, 1.807) is 15.9 Å². The molecule has 1 heterocycles. The number of nitrogens with one attached hydrogen (secondary N) is 1. The Morgan fingerprint density at radius 2 is 1.58 bits per heavy atom. The predicted molar refractivity (Wildman–Crippen MR) is 116 cm³/mol. The van der Waals surface area contributed by atoms with Crippen molar-refractivity contribution in [3.63, 3.8) is 0 Å². The zero-order chi connectivity index (χ0) is 22.4. The van der Waals surface area contributed by atoms with Crippen LogP contribution in [-0.4, -0.2) is 65.8 Å². The molecule has 0 bridgehead atoms. The Morgan fingerprint density at radius 1 is 0.935 bits per heavy atom. The second kappa shape index (κ2) is 10.1. The monoisotopic (exact) mass is 425 g/mol. The number of nitrogens with zero attached hydrogens (tertiary/aromatic N) is 2. The van der Waals surface area contributed by atoms with Crippen LogP contribution in [0, 0.1) is 0 Å². The third kappa shape index (κ3) is 6.04. The van der Waals surface area contributed by atoms with Crippen molar-refractivity contribution in [2.24, 2.45) is 0 Å². The smallest absolute Gasteiger partial charge is 0.307 e. The van der Waals surface area contributed by atoms with Crippen molar-refractivity contribution in [3.05, 3.63) is 42.5 Å². The number of carbonyl (C=O) groups excluding carboxylic acids is 4. The standard InChI is InChI=1S/C23H27N3O5/c1-16(23(30)24-20-8-7-18-5-3-4-6-19(18)15-20)31-22(29)10-9-21(28)26-13-11-25(12-14-26)17(2)27/h3-8,15-16H,9-14H2,1-2H3,(H,24,30)/t16-/m1/s1. The summed E-state index contributed by atoms with van der Waals surface area (Å²) in [6, 6.07) is 13.3. The van der Waals surface area contributed by atoms with Gasteiger partial charge in [0.25, 0.3) is 5.91 Å². The van der Waals surface area contributed by atoms with Crippen molar-refractivity contribution in [3.8, 4) is 0 Å².